The van der Waals surface area contributed by atoms with E-state index in [9.17, 15) is 4.39 Å². The van der Waals surface area contributed by atoms with Gasteiger partial charge in [0.25, 0.3) is 0 Å². The Kier molecular flexibility index (Phi) is 3.25. The summed E-state index contributed by atoms with van der Waals surface area (Å²) in [5, 5.41) is 0.369. The molecule has 0 bridgehead atoms. The number of halogens is 2. The maximum atomic E-state index is 13.4. The molecule has 0 amide bonds. The highest BCUT2D eigenvalue weighted by Crippen LogP contribution is 2.37. The van der Waals surface area contributed by atoms with Gasteiger partial charge < -0.3 is 9.31 Å². The van der Waals surface area contributed by atoms with Gasteiger partial charge in [-0.2, -0.15) is 0 Å². The second kappa shape index (κ2) is 4.22. The highest BCUT2D eigenvalue weighted by molar-refractivity contribution is 6.65. The van der Waals surface area contributed by atoms with Crippen LogP contribution in [0.4, 0.5) is 4.39 Å². The molecule has 1 fully saturated rings. The zero-order chi connectivity index (χ0) is 13.7. The summed E-state index contributed by atoms with van der Waals surface area (Å²) in [6.45, 7) is 9.52. The Labute approximate surface area is 113 Å². The van der Waals surface area contributed by atoms with Crippen molar-refractivity contribution in [2.75, 3.05) is 0 Å². The average molecular weight is 271 g/mol. The van der Waals surface area contributed by atoms with Crippen LogP contribution in [0, 0.1) is 12.7 Å². The van der Waals surface area contributed by atoms with Crippen molar-refractivity contribution in [3.05, 3.63) is 28.5 Å². The van der Waals surface area contributed by atoms with Gasteiger partial charge in [0.05, 0.1) is 11.2 Å². The van der Waals surface area contributed by atoms with Gasteiger partial charge in [-0.1, -0.05) is 17.7 Å². The average Bonchev–Trinajstić information content (AvgIpc) is 2.45. The predicted molar refractivity (Wildman–Crippen MR) is 71.9 cm³/mol. The molecule has 1 aromatic carbocycles. The normalized spacial score (nSPS) is 21.4. The molecule has 0 aliphatic carbocycles. The molecule has 0 atom stereocenters. The predicted octanol–water partition coefficient (Wildman–Crippen LogP) is 3.09. The van der Waals surface area contributed by atoms with Gasteiger partial charge >= 0.3 is 7.12 Å². The molecule has 5 heteroatoms. The van der Waals surface area contributed by atoms with Crippen molar-refractivity contribution in [1.29, 1.82) is 0 Å². The molecule has 1 heterocycles. The highest BCUT2D eigenvalue weighted by atomic mass is 35.5. The van der Waals surface area contributed by atoms with E-state index in [-0.39, 0.29) is 5.82 Å². The quantitative estimate of drug-likeness (QED) is 0.730. The van der Waals surface area contributed by atoms with E-state index in [1.165, 1.54) is 6.07 Å². The second-order valence-corrected chi connectivity index (χ2v) is 6.04. The zero-order valence-corrected chi connectivity index (χ0v) is 12.1. The van der Waals surface area contributed by atoms with Crippen LogP contribution in [-0.2, 0) is 9.31 Å². The minimum absolute atomic E-state index is 0.319. The Hall–Kier alpha value is -0.575. The number of hydrogen-bond acceptors (Lipinski definition) is 2. The number of benzene rings is 1. The van der Waals surface area contributed by atoms with Gasteiger partial charge in [-0.3, -0.25) is 0 Å². The zero-order valence-electron chi connectivity index (χ0n) is 11.3. The molecule has 1 saturated heterocycles. The molecular formula is C13H17BClFO2. The largest absolute Gasteiger partial charge is 0.496 e. The molecular weight excluding hydrogens is 253 g/mol. The first-order chi connectivity index (χ1) is 8.16. The Morgan fingerprint density at radius 1 is 1.11 bits per heavy atom. The lowest BCUT2D eigenvalue weighted by Gasteiger charge is -2.32. The number of hydrogen-bond donors (Lipinski definition) is 0. The van der Waals surface area contributed by atoms with Crippen molar-refractivity contribution in [1.82, 2.24) is 0 Å². The first-order valence-corrected chi connectivity index (χ1v) is 6.33. The Bertz CT molecular complexity index is 472. The fraction of sp³-hybridized carbons (Fsp3) is 0.538. The monoisotopic (exact) mass is 270 g/mol. The maximum Gasteiger partial charge on any atom is 0.496 e. The smallest absolute Gasteiger partial charge is 0.399 e. The molecule has 1 aliphatic heterocycles. The fourth-order valence-corrected chi connectivity index (χ4v) is 2.08. The molecule has 0 radical (unpaired) electrons. The van der Waals surface area contributed by atoms with Crippen LogP contribution < -0.4 is 5.46 Å². The molecule has 0 aromatic heterocycles. The van der Waals surface area contributed by atoms with Crippen LogP contribution in [0.2, 0.25) is 5.02 Å². The van der Waals surface area contributed by atoms with E-state index in [0.29, 0.717) is 16.0 Å². The number of rotatable bonds is 1. The van der Waals surface area contributed by atoms with Crippen molar-refractivity contribution in [2.45, 2.75) is 45.8 Å². The molecule has 2 nitrogen and oxygen atoms in total. The van der Waals surface area contributed by atoms with E-state index in [0.717, 1.165) is 0 Å². The molecule has 2 rings (SSSR count). The maximum absolute atomic E-state index is 13.4. The molecule has 0 spiro atoms. The summed E-state index contributed by atoms with van der Waals surface area (Å²) >= 11 is 6.16. The van der Waals surface area contributed by atoms with Crippen LogP contribution in [-0.4, -0.2) is 18.3 Å². The Balaban J connectivity index is 2.39. The van der Waals surface area contributed by atoms with E-state index >= 15 is 0 Å². The van der Waals surface area contributed by atoms with E-state index < -0.39 is 18.3 Å². The molecule has 1 aromatic rings. The Morgan fingerprint density at radius 2 is 1.61 bits per heavy atom. The first-order valence-electron chi connectivity index (χ1n) is 5.96. The summed E-state index contributed by atoms with van der Waals surface area (Å²) in [5.74, 6) is -0.319. The van der Waals surface area contributed by atoms with E-state index in [4.69, 9.17) is 20.9 Å². The minimum Gasteiger partial charge on any atom is -0.399 e. The van der Waals surface area contributed by atoms with E-state index in [1.807, 2.05) is 27.7 Å². The van der Waals surface area contributed by atoms with Gasteiger partial charge in [0, 0.05) is 16.0 Å². The summed E-state index contributed by atoms with van der Waals surface area (Å²) in [7, 11) is -0.554. The summed E-state index contributed by atoms with van der Waals surface area (Å²) in [4.78, 5) is 0. The van der Waals surface area contributed by atoms with Crippen LogP contribution in [0.1, 0.15) is 33.3 Å². The lowest BCUT2D eigenvalue weighted by Crippen LogP contribution is -2.41. The third-order valence-electron chi connectivity index (χ3n) is 3.86. The van der Waals surface area contributed by atoms with Gasteiger partial charge in [-0.05, 0) is 40.7 Å². The standard InChI is InChI=1S/C13H17BClFO2/c1-8-10(16)7-6-9(11(8)15)14-17-12(2,3)13(4,5)18-14/h6-7H,1-5H3. The minimum atomic E-state index is -0.554. The van der Waals surface area contributed by atoms with Gasteiger partial charge in [0.1, 0.15) is 5.82 Å². The molecule has 0 unspecified atom stereocenters. The summed E-state index contributed by atoms with van der Waals surface area (Å²) in [6.07, 6.45) is 0. The molecule has 0 N–H and O–H groups in total. The second-order valence-electron chi connectivity index (χ2n) is 5.66. The molecule has 0 saturated carbocycles. The Morgan fingerprint density at radius 3 is 2.11 bits per heavy atom. The van der Waals surface area contributed by atoms with Crippen molar-refractivity contribution in [2.24, 2.45) is 0 Å². The van der Waals surface area contributed by atoms with Gasteiger partial charge in [0.15, 0.2) is 0 Å². The van der Waals surface area contributed by atoms with Gasteiger partial charge in [-0.25, -0.2) is 4.39 Å². The van der Waals surface area contributed by atoms with Gasteiger partial charge in [-0.15, -0.1) is 0 Å². The fourth-order valence-electron chi connectivity index (χ4n) is 1.83. The van der Waals surface area contributed by atoms with Crippen LogP contribution in [0.3, 0.4) is 0 Å². The van der Waals surface area contributed by atoms with E-state index in [1.54, 1.807) is 13.0 Å². The third kappa shape index (κ3) is 2.06. The van der Waals surface area contributed by atoms with Crippen LogP contribution in [0.15, 0.2) is 12.1 Å². The van der Waals surface area contributed by atoms with Crippen LogP contribution in [0.5, 0.6) is 0 Å². The van der Waals surface area contributed by atoms with Crippen molar-refractivity contribution < 1.29 is 13.7 Å². The van der Waals surface area contributed by atoms with E-state index in [2.05, 4.69) is 0 Å². The van der Waals surface area contributed by atoms with Crippen molar-refractivity contribution >= 4 is 24.2 Å². The lowest BCUT2D eigenvalue weighted by atomic mass is 9.78. The first kappa shape index (κ1) is 13.8. The van der Waals surface area contributed by atoms with Crippen LogP contribution >= 0.6 is 11.6 Å². The topological polar surface area (TPSA) is 18.5 Å². The molecule has 98 valence electrons. The summed E-state index contributed by atoms with van der Waals surface area (Å²) in [5.41, 5.74) is 0.241. The van der Waals surface area contributed by atoms with Crippen molar-refractivity contribution in [3.8, 4) is 0 Å². The third-order valence-corrected chi connectivity index (χ3v) is 4.36. The molecule has 1 aliphatic rings. The SMILES string of the molecule is Cc1c(F)ccc(B2OC(C)(C)C(C)(C)O2)c1Cl. The molecule has 18 heavy (non-hydrogen) atoms. The highest BCUT2D eigenvalue weighted by Gasteiger charge is 2.52. The van der Waals surface area contributed by atoms with Crippen LogP contribution in [0.25, 0.3) is 0 Å². The summed E-state index contributed by atoms with van der Waals surface area (Å²) in [6, 6.07) is 3.01. The lowest BCUT2D eigenvalue weighted by molar-refractivity contribution is 0.00578. The van der Waals surface area contributed by atoms with Gasteiger partial charge in [0.2, 0.25) is 0 Å². The van der Waals surface area contributed by atoms with Crippen molar-refractivity contribution in [3.63, 3.8) is 0 Å². The summed E-state index contributed by atoms with van der Waals surface area (Å²) < 4.78 is 25.2.